The Morgan fingerprint density at radius 1 is 1.28 bits per heavy atom. The number of aryl methyl sites for hydroxylation is 1. The molecule has 3 heterocycles. The van der Waals surface area contributed by atoms with E-state index in [2.05, 4.69) is 15.5 Å². The lowest BCUT2D eigenvalue weighted by Crippen LogP contribution is -2.20. The van der Waals surface area contributed by atoms with Gasteiger partial charge >= 0.3 is 0 Å². The van der Waals surface area contributed by atoms with Gasteiger partial charge in [0.2, 0.25) is 0 Å². The minimum Gasteiger partial charge on any atom is -0.379 e. The third kappa shape index (κ3) is 3.23. The molecule has 1 aromatic carbocycles. The number of nitrogens with one attached hydrogen (secondary N) is 1. The van der Waals surface area contributed by atoms with Crippen molar-refractivity contribution in [3.63, 3.8) is 0 Å². The monoisotopic (exact) mass is 395 g/mol. The zero-order valence-electron chi connectivity index (χ0n) is 16.2. The van der Waals surface area contributed by atoms with Gasteiger partial charge in [0, 0.05) is 23.9 Å². The average molecular weight is 395 g/mol. The van der Waals surface area contributed by atoms with E-state index in [1.54, 1.807) is 16.8 Å². The van der Waals surface area contributed by atoms with Gasteiger partial charge in [-0.1, -0.05) is 6.07 Å². The number of benzene rings is 1. The maximum Gasteiger partial charge on any atom is 0.277 e. The van der Waals surface area contributed by atoms with Crippen molar-refractivity contribution in [2.45, 2.75) is 38.6 Å². The van der Waals surface area contributed by atoms with Crippen molar-refractivity contribution < 1.29 is 13.9 Å². The van der Waals surface area contributed by atoms with Gasteiger partial charge in [-0.05, 0) is 50.8 Å². The molecule has 1 aliphatic heterocycles. The second kappa shape index (κ2) is 7.11. The van der Waals surface area contributed by atoms with Gasteiger partial charge in [0.1, 0.15) is 11.6 Å². The second-order valence-electron chi connectivity index (χ2n) is 7.61. The van der Waals surface area contributed by atoms with E-state index in [0.717, 1.165) is 42.6 Å². The number of nitrogens with zero attached hydrogens (tertiary/aromatic N) is 4. The molecule has 1 N–H and O–H groups in total. The third-order valence-corrected chi connectivity index (χ3v) is 5.55. The molecule has 7 nitrogen and oxygen atoms in total. The van der Waals surface area contributed by atoms with E-state index in [4.69, 9.17) is 4.74 Å². The Balaban J connectivity index is 1.48. The Hall–Kier alpha value is -3.00. The van der Waals surface area contributed by atoms with Crippen LogP contribution in [0.3, 0.4) is 0 Å². The number of hydrogen-bond acceptors (Lipinski definition) is 4. The molecule has 150 valence electrons. The lowest BCUT2D eigenvalue weighted by molar-refractivity contribution is 0.101. The summed E-state index contributed by atoms with van der Waals surface area (Å²) in [5.74, 6) is 0.0577. The van der Waals surface area contributed by atoms with Gasteiger partial charge in [0.05, 0.1) is 24.0 Å². The molecule has 2 aliphatic rings. The highest BCUT2D eigenvalue weighted by Gasteiger charge is 2.28. The Kier molecular flexibility index (Phi) is 4.43. The van der Waals surface area contributed by atoms with E-state index in [9.17, 15) is 9.18 Å². The third-order valence-electron chi connectivity index (χ3n) is 5.55. The van der Waals surface area contributed by atoms with E-state index >= 15 is 0 Å². The normalized spacial score (nSPS) is 18.2. The van der Waals surface area contributed by atoms with Crippen LogP contribution in [-0.4, -0.2) is 38.7 Å². The van der Waals surface area contributed by atoms with Crippen molar-refractivity contribution in [3.05, 3.63) is 58.8 Å². The largest absolute Gasteiger partial charge is 0.379 e. The number of ether oxygens (including phenoxy) is 1. The van der Waals surface area contributed by atoms with E-state index in [-0.39, 0.29) is 17.8 Å². The predicted molar refractivity (Wildman–Crippen MR) is 105 cm³/mol. The fraction of sp³-hybridized carbons (Fsp3) is 0.381. The van der Waals surface area contributed by atoms with Crippen LogP contribution in [0.15, 0.2) is 30.3 Å². The summed E-state index contributed by atoms with van der Waals surface area (Å²) in [6, 6.07) is 8.27. The Bertz CT molecular complexity index is 1080. The maximum atomic E-state index is 13.7. The van der Waals surface area contributed by atoms with Crippen LogP contribution in [0.4, 0.5) is 10.2 Å². The van der Waals surface area contributed by atoms with Gasteiger partial charge in [-0.25, -0.2) is 13.8 Å². The van der Waals surface area contributed by atoms with Crippen molar-refractivity contribution in [1.29, 1.82) is 0 Å². The van der Waals surface area contributed by atoms with Crippen LogP contribution in [0.5, 0.6) is 0 Å². The molecule has 1 atom stereocenters. The molecule has 5 rings (SSSR count). The predicted octanol–water partition coefficient (Wildman–Crippen LogP) is 3.22. The minimum absolute atomic E-state index is 0.120. The van der Waals surface area contributed by atoms with Gasteiger partial charge in [0.15, 0.2) is 5.69 Å². The Labute approximate surface area is 167 Å². The summed E-state index contributed by atoms with van der Waals surface area (Å²) in [7, 11) is 0. The van der Waals surface area contributed by atoms with Crippen molar-refractivity contribution in [2.75, 3.05) is 18.5 Å². The standard InChI is InChI=1S/C21H22FN5O2/c1-13-10-19(27(24-13)16-8-9-29-12-16)23-21(28)20-17-6-3-7-18(17)26(25-20)15-5-2-4-14(22)11-15/h2,4-5,10-11,16H,3,6-9,12H2,1H3,(H,23,28). The molecule has 1 saturated heterocycles. The van der Waals surface area contributed by atoms with Crippen LogP contribution in [0.1, 0.15) is 46.3 Å². The number of carbonyl (C=O) groups excluding carboxylic acids is 1. The van der Waals surface area contributed by atoms with E-state index in [1.807, 2.05) is 17.7 Å². The first-order valence-electron chi connectivity index (χ1n) is 9.92. The molecule has 2 aromatic heterocycles. The highest BCUT2D eigenvalue weighted by molar-refractivity contribution is 6.03. The molecule has 1 aliphatic carbocycles. The lowest BCUT2D eigenvalue weighted by Gasteiger charge is -2.13. The number of halogens is 1. The summed E-state index contributed by atoms with van der Waals surface area (Å²) < 4.78 is 22.7. The Morgan fingerprint density at radius 3 is 2.97 bits per heavy atom. The zero-order chi connectivity index (χ0) is 20.0. The van der Waals surface area contributed by atoms with Gasteiger partial charge in [0.25, 0.3) is 5.91 Å². The maximum absolute atomic E-state index is 13.7. The van der Waals surface area contributed by atoms with Crippen molar-refractivity contribution in [2.24, 2.45) is 0 Å². The number of hydrogen-bond donors (Lipinski definition) is 1. The van der Waals surface area contributed by atoms with E-state index in [1.165, 1.54) is 12.1 Å². The van der Waals surface area contributed by atoms with E-state index < -0.39 is 0 Å². The highest BCUT2D eigenvalue weighted by Crippen LogP contribution is 2.29. The molecule has 29 heavy (non-hydrogen) atoms. The fourth-order valence-electron chi connectivity index (χ4n) is 4.22. The highest BCUT2D eigenvalue weighted by atomic mass is 19.1. The molecule has 8 heteroatoms. The molecular weight excluding hydrogens is 373 g/mol. The summed E-state index contributed by atoms with van der Waals surface area (Å²) in [6.45, 7) is 3.19. The van der Waals surface area contributed by atoms with Crippen molar-refractivity contribution >= 4 is 11.7 Å². The lowest BCUT2D eigenvalue weighted by atomic mass is 10.2. The van der Waals surface area contributed by atoms with Crippen molar-refractivity contribution in [3.8, 4) is 5.69 Å². The van der Waals surface area contributed by atoms with Crippen molar-refractivity contribution in [1.82, 2.24) is 19.6 Å². The Morgan fingerprint density at radius 2 is 2.17 bits per heavy atom. The van der Waals surface area contributed by atoms with Gasteiger partial charge in [-0.15, -0.1) is 0 Å². The number of carbonyl (C=O) groups is 1. The van der Waals surface area contributed by atoms with Crippen LogP contribution in [0.2, 0.25) is 0 Å². The SMILES string of the molecule is Cc1cc(NC(=O)c2nn(-c3cccc(F)c3)c3c2CCC3)n(C2CCOC2)n1. The molecule has 1 unspecified atom stereocenters. The molecule has 3 aromatic rings. The van der Waals surface area contributed by atoms with Crippen LogP contribution < -0.4 is 5.32 Å². The molecule has 1 fully saturated rings. The second-order valence-corrected chi connectivity index (χ2v) is 7.61. The van der Waals surface area contributed by atoms with Crippen LogP contribution in [-0.2, 0) is 17.6 Å². The number of aromatic nitrogens is 4. The smallest absolute Gasteiger partial charge is 0.277 e. The van der Waals surface area contributed by atoms with Gasteiger partial charge in [-0.2, -0.15) is 10.2 Å². The van der Waals surface area contributed by atoms with Gasteiger partial charge < -0.3 is 10.1 Å². The first-order valence-corrected chi connectivity index (χ1v) is 9.92. The number of fused-ring (bicyclic) bond motifs is 1. The quantitative estimate of drug-likeness (QED) is 0.736. The number of rotatable bonds is 4. The molecule has 0 bridgehead atoms. The fourth-order valence-corrected chi connectivity index (χ4v) is 4.22. The minimum atomic E-state index is -0.325. The van der Waals surface area contributed by atoms with Crippen LogP contribution in [0.25, 0.3) is 5.69 Å². The zero-order valence-corrected chi connectivity index (χ0v) is 16.2. The summed E-state index contributed by atoms with van der Waals surface area (Å²) in [5, 5.41) is 12.1. The van der Waals surface area contributed by atoms with E-state index in [0.29, 0.717) is 30.4 Å². The van der Waals surface area contributed by atoms with Gasteiger partial charge in [-0.3, -0.25) is 4.79 Å². The summed E-state index contributed by atoms with van der Waals surface area (Å²) in [4.78, 5) is 13.1. The molecular formula is C21H22FN5O2. The molecule has 0 spiro atoms. The summed E-state index contributed by atoms with van der Waals surface area (Å²) >= 11 is 0. The molecule has 0 radical (unpaired) electrons. The number of anilines is 1. The molecule has 1 amide bonds. The summed E-state index contributed by atoms with van der Waals surface area (Å²) in [5.41, 5.74) is 3.79. The first-order chi connectivity index (χ1) is 14.1. The van der Waals surface area contributed by atoms with Crippen LogP contribution in [0, 0.1) is 12.7 Å². The van der Waals surface area contributed by atoms with Crippen LogP contribution >= 0.6 is 0 Å². The number of amides is 1. The summed E-state index contributed by atoms with van der Waals surface area (Å²) in [6.07, 6.45) is 3.44. The molecule has 0 saturated carbocycles. The first kappa shape index (κ1) is 18.1. The average Bonchev–Trinajstić information content (AvgIpc) is 3.46. The topological polar surface area (TPSA) is 74.0 Å².